The highest BCUT2D eigenvalue weighted by Crippen LogP contribution is 2.08. The predicted octanol–water partition coefficient (Wildman–Crippen LogP) is 0.158. The summed E-state index contributed by atoms with van der Waals surface area (Å²) in [5.41, 5.74) is 8.06. The zero-order valence-electron chi connectivity index (χ0n) is 12.0. The van der Waals surface area contributed by atoms with Gasteiger partial charge in [-0.3, -0.25) is 9.89 Å². The van der Waals surface area contributed by atoms with Gasteiger partial charge in [0.05, 0.1) is 6.34 Å². The molecule has 0 aromatic carbocycles. The molecule has 1 aliphatic heterocycles. The van der Waals surface area contributed by atoms with E-state index in [0.29, 0.717) is 0 Å². The first-order chi connectivity index (χ1) is 9.17. The molecule has 0 aromatic heterocycles. The summed E-state index contributed by atoms with van der Waals surface area (Å²) in [7, 11) is 3.86. The molecule has 6 heteroatoms. The van der Waals surface area contributed by atoms with Crippen LogP contribution in [0.15, 0.2) is 29.0 Å². The summed E-state index contributed by atoms with van der Waals surface area (Å²) < 4.78 is 0. The first kappa shape index (κ1) is 15.7. The van der Waals surface area contributed by atoms with Gasteiger partial charge in [0.25, 0.3) is 0 Å². The lowest BCUT2D eigenvalue weighted by Gasteiger charge is -2.34. The van der Waals surface area contributed by atoms with E-state index in [1.54, 1.807) is 7.05 Å². The van der Waals surface area contributed by atoms with E-state index in [1.165, 1.54) is 6.34 Å². The number of allylic oxidation sites excluding steroid dienone is 3. The Morgan fingerprint density at radius 2 is 2.05 bits per heavy atom. The van der Waals surface area contributed by atoms with Gasteiger partial charge in [-0.2, -0.15) is 5.48 Å². The van der Waals surface area contributed by atoms with E-state index in [2.05, 4.69) is 27.3 Å². The van der Waals surface area contributed by atoms with Crippen LogP contribution < -0.4 is 11.2 Å². The number of piperazine rings is 1. The summed E-state index contributed by atoms with van der Waals surface area (Å²) in [5.74, 6) is 0.799. The molecule has 1 rings (SSSR count). The van der Waals surface area contributed by atoms with Gasteiger partial charge in [-0.25, -0.2) is 0 Å². The molecular weight excluding hydrogens is 242 g/mol. The van der Waals surface area contributed by atoms with E-state index in [1.807, 2.05) is 25.2 Å². The van der Waals surface area contributed by atoms with Gasteiger partial charge in [0, 0.05) is 33.2 Å². The molecule has 0 spiro atoms. The second-order valence-corrected chi connectivity index (χ2v) is 4.52. The van der Waals surface area contributed by atoms with Crippen LogP contribution in [0.3, 0.4) is 0 Å². The standard InChI is InChI=1S/C13H25N5O/c1-12(19-15-2)5-4-6-13(16-11-14)18-9-7-17(3)8-10-18/h4-6,11,13,15H,7-10H2,1-3H3,(H2,14,16)/b6-4+,12-5+. The minimum atomic E-state index is -0.00247. The van der Waals surface area contributed by atoms with Crippen molar-refractivity contribution in [3.05, 3.63) is 24.0 Å². The largest absolute Gasteiger partial charge is 0.414 e. The minimum absolute atomic E-state index is 0.00247. The lowest BCUT2D eigenvalue weighted by atomic mass is 10.2. The van der Waals surface area contributed by atoms with Crippen molar-refractivity contribution in [1.29, 1.82) is 0 Å². The fraction of sp³-hybridized carbons (Fsp3) is 0.615. The number of nitrogens with zero attached hydrogens (tertiary/aromatic N) is 3. The smallest absolute Gasteiger partial charge is 0.123 e. The average Bonchev–Trinajstić information content (AvgIpc) is 2.39. The number of hydroxylamine groups is 1. The molecule has 1 heterocycles. The second kappa shape index (κ2) is 8.68. The van der Waals surface area contributed by atoms with Crippen molar-refractivity contribution in [2.24, 2.45) is 10.7 Å². The summed E-state index contributed by atoms with van der Waals surface area (Å²) in [6.45, 7) is 6.00. The Kier molecular flexibility index (Phi) is 7.17. The molecule has 19 heavy (non-hydrogen) atoms. The molecule has 0 aromatic rings. The van der Waals surface area contributed by atoms with Gasteiger partial charge in [0.15, 0.2) is 0 Å². The van der Waals surface area contributed by atoms with Gasteiger partial charge in [0.1, 0.15) is 11.9 Å². The van der Waals surface area contributed by atoms with Gasteiger partial charge in [-0.1, -0.05) is 6.08 Å². The Labute approximate surface area is 115 Å². The van der Waals surface area contributed by atoms with E-state index in [0.717, 1.165) is 31.9 Å². The van der Waals surface area contributed by atoms with Gasteiger partial charge in [0.2, 0.25) is 0 Å². The van der Waals surface area contributed by atoms with Crippen molar-refractivity contribution in [1.82, 2.24) is 15.3 Å². The van der Waals surface area contributed by atoms with Crippen molar-refractivity contribution in [2.75, 3.05) is 40.3 Å². The summed E-state index contributed by atoms with van der Waals surface area (Å²) in [6.07, 6.45) is 7.23. The lowest BCUT2D eigenvalue weighted by Crippen LogP contribution is -2.48. The number of hydrogen-bond acceptors (Lipinski definition) is 5. The lowest BCUT2D eigenvalue weighted by molar-refractivity contribution is 0.128. The number of hydrogen-bond donors (Lipinski definition) is 2. The number of likely N-dealkylation sites (N-methyl/N-ethyl adjacent to an activating group) is 1. The van der Waals surface area contributed by atoms with Crippen molar-refractivity contribution in [3.63, 3.8) is 0 Å². The Morgan fingerprint density at radius 1 is 1.37 bits per heavy atom. The maximum Gasteiger partial charge on any atom is 0.123 e. The maximum atomic E-state index is 5.43. The molecule has 6 nitrogen and oxygen atoms in total. The normalized spacial score (nSPS) is 21.3. The highest BCUT2D eigenvalue weighted by atomic mass is 16.6. The Bertz CT molecular complexity index is 332. The van der Waals surface area contributed by atoms with Crippen LogP contribution in [0.1, 0.15) is 6.92 Å². The highest BCUT2D eigenvalue weighted by molar-refractivity contribution is 5.51. The Morgan fingerprint density at radius 3 is 2.63 bits per heavy atom. The average molecular weight is 267 g/mol. The zero-order valence-corrected chi connectivity index (χ0v) is 12.0. The summed E-state index contributed by atoms with van der Waals surface area (Å²) >= 11 is 0. The first-order valence-electron chi connectivity index (χ1n) is 6.52. The molecule has 0 aliphatic carbocycles. The van der Waals surface area contributed by atoms with Crippen LogP contribution in [0.5, 0.6) is 0 Å². The second-order valence-electron chi connectivity index (χ2n) is 4.52. The fourth-order valence-corrected chi connectivity index (χ4v) is 1.93. The van der Waals surface area contributed by atoms with Crippen molar-refractivity contribution >= 4 is 6.34 Å². The summed E-state index contributed by atoms with van der Waals surface area (Å²) in [4.78, 5) is 14.0. The number of nitrogens with two attached hydrogens (primary N) is 1. The predicted molar refractivity (Wildman–Crippen MR) is 78.6 cm³/mol. The Hall–Kier alpha value is -1.37. The molecule has 0 bridgehead atoms. The molecule has 1 aliphatic rings. The topological polar surface area (TPSA) is 66.1 Å². The van der Waals surface area contributed by atoms with Crippen LogP contribution >= 0.6 is 0 Å². The molecule has 0 saturated carbocycles. The summed E-state index contributed by atoms with van der Waals surface area (Å²) in [6, 6.07) is 0. The SMILES string of the molecule is CNO/C(C)=C/C=C/C(N=CN)N1CCN(C)CC1. The number of nitrogens with one attached hydrogen (secondary N) is 1. The highest BCUT2D eigenvalue weighted by Gasteiger charge is 2.19. The van der Waals surface area contributed by atoms with E-state index >= 15 is 0 Å². The molecule has 3 N–H and O–H groups in total. The zero-order chi connectivity index (χ0) is 14.1. The van der Waals surface area contributed by atoms with Crippen LogP contribution in [0.4, 0.5) is 0 Å². The van der Waals surface area contributed by atoms with Crippen LogP contribution in [0, 0.1) is 0 Å². The van der Waals surface area contributed by atoms with E-state index < -0.39 is 0 Å². The van der Waals surface area contributed by atoms with E-state index in [9.17, 15) is 0 Å². The molecule has 1 atom stereocenters. The van der Waals surface area contributed by atoms with Crippen molar-refractivity contribution < 1.29 is 4.84 Å². The first-order valence-corrected chi connectivity index (χ1v) is 6.52. The quantitative estimate of drug-likeness (QED) is 0.236. The van der Waals surface area contributed by atoms with Gasteiger partial charge in [-0.15, -0.1) is 0 Å². The molecule has 0 radical (unpaired) electrons. The van der Waals surface area contributed by atoms with Crippen LogP contribution in [-0.4, -0.2) is 62.6 Å². The van der Waals surface area contributed by atoms with E-state index in [-0.39, 0.29) is 6.17 Å². The van der Waals surface area contributed by atoms with Crippen LogP contribution in [-0.2, 0) is 4.84 Å². The van der Waals surface area contributed by atoms with Gasteiger partial charge in [-0.05, 0) is 26.1 Å². The van der Waals surface area contributed by atoms with E-state index in [4.69, 9.17) is 10.6 Å². The maximum absolute atomic E-state index is 5.43. The molecule has 108 valence electrons. The van der Waals surface area contributed by atoms with Crippen LogP contribution in [0.2, 0.25) is 0 Å². The van der Waals surface area contributed by atoms with Crippen molar-refractivity contribution in [2.45, 2.75) is 13.1 Å². The van der Waals surface area contributed by atoms with Gasteiger partial charge >= 0.3 is 0 Å². The van der Waals surface area contributed by atoms with Crippen molar-refractivity contribution in [3.8, 4) is 0 Å². The molecule has 1 fully saturated rings. The molecular formula is C13H25N5O. The number of rotatable bonds is 6. The third-order valence-electron chi connectivity index (χ3n) is 3.03. The third-order valence-corrected chi connectivity index (χ3v) is 3.03. The molecule has 1 saturated heterocycles. The monoisotopic (exact) mass is 267 g/mol. The van der Waals surface area contributed by atoms with Gasteiger partial charge < -0.3 is 15.5 Å². The molecule has 1 unspecified atom stereocenters. The Balaban J connectivity index is 2.57. The number of aliphatic imine (C=N–C) groups is 1. The minimum Gasteiger partial charge on any atom is -0.414 e. The summed E-state index contributed by atoms with van der Waals surface area (Å²) in [5, 5.41) is 0. The molecule has 0 amide bonds. The van der Waals surface area contributed by atoms with Crippen LogP contribution in [0.25, 0.3) is 0 Å². The third kappa shape index (κ3) is 5.87. The fourth-order valence-electron chi connectivity index (χ4n) is 1.93.